The summed E-state index contributed by atoms with van der Waals surface area (Å²) in [6, 6.07) is 10.1. The molecule has 2 aromatic heterocycles. The van der Waals surface area contributed by atoms with Gasteiger partial charge in [-0.05, 0) is 43.0 Å². The Morgan fingerprint density at radius 2 is 2.14 bits per heavy atom. The van der Waals surface area contributed by atoms with Crippen molar-refractivity contribution in [1.29, 1.82) is 0 Å². The molecule has 3 aromatic rings. The minimum atomic E-state index is 0.704. The summed E-state index contributed by atoms with van der Waals surface area (Å²) in [6.45, 7) is 4.03. The van der Waals surface area contributed by atoms with Crippen LogP contribution in [0, 0.1) is 13.8 Å². The van der Waals surface area contributed by atoms with Crippen LogP contribution in [0.25, 0.3) is 10.8 Å². The molecule has 0 atom stereocenters. The quantitative estimate of drug-likeness (QED) is 0.550. The monoisotopic (exact) mass is 316 g/mol. The number of hydrogen-bond acceptors (Lipinski definition) is 5. The predicted octanol–water partition coefficient (Wildman–Crippen LogP) is 4.89. The van der Waals surface area contributed by atoms with Crippen molar-refractivity contribution in [1.82, 2.24) is 4.98 Å². The van der Waals surface area contributed by atoms with Crippen molar-refractivity contribution >= 4 is 28.8 Å². The van der Waals surface area contributed by atoms with Crippen LogP contribution in [0.2, 0.25) is 0 Å². The number of nitrogens with two attached hydrogens (primary N) is 1. The standard InChI is InChI=1S/C16H16N2OS2/c1-10-5-6-12(17)15(8-10)21-9-13-11(2)19-16(18-13)14-4-3-7-20-14/h3-8H,9,17H2,1-2H3. The van der Waals surface area contributed by atoms with E-state index in [0.29, 0.717) is 5.89 Å². The maximum absolute atomic E-state index is 6.01. The molecule has 3 rings (SSSR count). The molecule has 3 nitrogen and oxygen atoms in total. The highest BCUT2D eigenvalue weighted by Gasteiger charge is 2.13. The summed E-state index contributed by atoms with van der Waals surface area (Å²) in [4.78, 5) is 6.75. The van der Waals surface area contributed by atoms with Crippen LogP contribution in [0.4, 0.5) is 5.69 Å². The molecule has 0 unspecified atom stereocenters. The largest absolute Gasteiger partial charge is 0.440 e. The number of oxazole rings is 1. The van der Waals surface area contributed by atoms with Gasteiger partial charge >= 0.3 is 0 Å². The van der Waals surface area contributed by atoms with Gasteiger partial charge in [0, 0.05) is 16.3 Å². The highest BCUT2D eigenvalue weighted by Crippen LogP contribution is 2.32. The average Bonchev–Trinajstić information content (AvgIpc) is 3.09. The molecular weight excluding hydrogens is 300 g/mol. The van der Waals surface area contributed by atoms with Crippen LogP contribution in [-0.2, 0) is 5.75 Å². The number of nitrogen functional groups attached to an aromatic ring is 1. The van der Waals surface area contributed by atoms with Crippen molar-refractivity contribution in [3.63, 3.8) is 0 Å². The zero-order valence-corrected chi connectivity index (χ0v) is 13.6. The fourth-order valence-corrected chi connectivity index (χ4v) is 3.69. The molecule has 0 aliphatic heterocycles. The lowest BCUT2D eigenvalue weighted by Gasteiger charge is -2.05. The van der Waals surface area contributed by atoms with Gasteiger partial charge in [-0.2, -0.15) is 0 Å². The van der Waals surface area contributed by atoms with Crippen LogP contribution in [0.5, 0.6) is 0 Å². The van der Waals surface area contributed by atoms with Crippen molar-refractivity contribution in [3.8, 4) is 10.8 Å². The van der Waals surface area contributed by atoms with Gasteiger partial charge in [-0.1, -0.05) is 12.1 Å². The zero-order chi connectivity index (χ0) is 14.8. The highest BCUT2D eigenvalue weighted by atomic mass is 32.2. The molecule has 0 aliphatic carbocycles. The molecule has 0 amide bonds. The van der Waals surface area contributed by atoms with E-state index < -0.39 is 0 Å². The van der Waals surface area contributed by atoms with Gasteiger partial charge in [-0.25, -0.2) is 4.98 Å². The first-order chi connectivity index (χ1) is 10.1. The van der Waals surface area contributed by atoms with Gasteiger partial charge in [0.25, 0.3) is 0 Å². The van der Waals surface area contributed by atoms with E-state index in [9.17, 15) is 0 Å². The van der Waals surface area contributed by atoms with E-state index in [1.165, 1.54) is 5.56 Å². The Bertz CT molecular complexity index is 748. The summed E-state index contributed by atoms with van der Waals surface area (Å²) >= 11 is 3.33. The third-order valence-electron chi connectivity index (χ3n) is 3.16. The van der Waals surface area contributed by atoms with Crippen LogP contribution >= 0.6 is 23.1 Å². The third kappa shape index (κ3) is 3.14. The number of benzene rings is 1. The van der Waals surface area contributed by atoms with E-state index in [4.69, 9.17) is 10.2 Å². The van der Waals surface area contributed by atoms with Gasteiger partial charge in [-0.3, -0.25) is 0 Å². The summed E-state index contributed by atoms with van der Waals surface area (Å²) in [5.74, 6) is 2.33. The molecule has 2 heterocycles. The average molecular weight is 316 g/mol. The SMILES string of the molecule is Cc1ccc(N)c(SCc2nc(-c3cccs3)oc2C)c1. The van der Waals surface area contributed by atoms with Gasteiger partial charge < -0.3 is 10.2 Å². The Morgan fingerprint density at radius 3 is 2.90 bits per heavy atom. The van der Waals surface area contributed by atoms with E-state index in [0.717, 1.165) is 32.7 Å². The number of rotatable bonds is 4. The smallest absolute Gasteiger partial charge is 0.236 e. The van der Waals surface area contributed by atoms with Crippen LogP contribution in [0.15, 0.2) is 45.0 Å². The Hall–Kier alpha value is -1.72. The van der Waals surface area contributed by atoms with Gasteiger partial charge in [0.1, 0.15) is 5.76 Å². The molecule has 21 heavy (non-hydrogen) atoms. The van der Waals surface area contributed by atoms with Crippen molar-refractivity contribution in [2.75, 3.05) is 5.73 Å². The summed E-state index contributed by atoms with van der Waals surface area (Å²) in [6.07, 6.45) is 0. The first-order valence-corrected chi connectivity index (χ1v) is 8.49. The van der Waals surface area contributed by atoms with Crippen molar-refractivity contribution in [2.45, 2.75) is 24.5 Å². The lowest BCUT2D eigenvalue weighted by molar-refractivity contribution is 0.542. The molecule has 0 saturated carbocycles. The predicted molar refractivity (Wildman–Crippen MR) is 89.7 cm³/mol. The van der Waals surface area contributed by atoms with Crippen LogP contribution in [0.3, 0.4) is 0 Å². The molecule has 1 aromatic carbocycles. The Labute approximate surface area is 132 Å². The molecule has 2 N–H and O–H groups in total. The van der Waals surface area contributed by atoms with Gasteiger partial charge in [-0.15, -0.1) is 23.1 Å². The molecular formula is C16H16N2OS2. The minimum absolute atomic E-state index is 0.704. The number of aromatic nitrogens is 1. The Kier molecular flexibility index (Phi) is 4.03. The summed E-state index contributed by atoms with van der Waals surface area (Å²) in [5, 5.41) is 2.02. The van der Waals surface area contributed by atoms with E-state index >= 15 is 0 Å². The number of thioether (sulfide) groups is 1. The molecule has 0 bridgehead atoms. The maximum atomic E-state index is 6.01. The number of nitrogens with zero attached hydrogens (tertiary/aromatic N) is 1. The summed E-state index contributed by atoms with van der Waals surface area (Å²) < 4.78 is 5.76. The fraction of sp³-hybridized carbons (Fsp3) is 0.188. The van der Waals surface area contributed by atoms with Gasteiger partial charge in [0.2, 0.25) is 5.89 Å². The highest BCUT2D eigenvalue weighted by molar-refractivity contribution is 7.98. The number of aryl methyl sites for hydroxylation is 2. The molecule has 5 heteroatoms. The normalized spacial score (nSPS) is 11.0. The molecule has 0 aliphatic rings. The second-order valence-corrected chi connectivity index (χ2v) is 6.79. The Morgan fingerprint density at radius 1 is 1.29 bits per heavy atom. The van der Waals surface area contributed by atoms with Crippen molar-refractivity contribution < 1.29 is 4.42 Å². The second kappa shape index (κ2) is 5.95. The Balaban J connectivity index is 1.78. The van der Waals surface area contributed by atoms with Crippen molar-refractivity contribution in [3.05, 3.63) is 52.7 Å². The van der Waals surface area contributed by atoms with Gasteiger partial charge in [0.05, 0.1) is 10.6 Å². The van der Waals surface area contributed by atoms with Crippen LogP contribution in [0.1, 0.15) is 17.0 Å². The zero-order valence-electron chi connectivity index (χ0n) is 11.9. The van der Waals surface area contributed by atoms with Crippen LogP contribution in [-0.4, -0.2) is 4.98 Å². The van der Waals surface area contributed by atoms with Crippen LogP contribution < -0.4 is 5.73 Å². The third-order valence-corrected chi connectivity index (χ3v) is 5.10. The number of thiophene rings is 1. The lowest BCUT2D eigenvalue weighted by Crippen LogP contribution is -1.91. The number of hydrogen-bond donors (Lipinski definition) is 1. The lowest BCUT2D eigenvalue weighted by atomic mass is 10.2. The summed E-state index contributed by atoms with van der Waals surface area (Å²) in [7, 11) is 0. The first kappa shape index (κ1) is 14.2. The summed E-state index contributed by atoms with van der Waals surface area (Å²) in [5.41, 5.74) is 9.01. The van der Waals surface area contributed by atoms with Gasteiger partial charge in [0.15, 0.2) is 0 Å². The topological polar surface area (TPSA) is 52.0 Å². The fourth-order valence-electron chi connectivity index (χ4n) is 1.98. The second-order valence-electron chi connectivity index (χ2n) is 4.83. The number of anilines is 1. The van der Waals surface area contributed by atoms with E-state index in [1.807, 2.05) is 36.6 Å². The first-order valence-electron chi connectivity index (χ1n) is 6.62. The van der Waals surface area contributed by atoms with E-state index in [2.05, 4.69) is 18.0 Å². The molecule has 0 fully saturated rings. The van der Waals surface area contributed by atoms with Crippen molar-refractivity contribution in [2.24, 2.45) is 0 Å². The molecule has 0 saturated heterocycles. The minimum Gasteiger partial charge on any atom is -0.440 e. The van der Waals surface area contributed by atoms with E-state index in [-0.39, 0.29) is 0 Å². The molecule has 0 spiro atoms. The molecule has 0 radical (unpaired) electrons. The van der Waals surface area contributed by atoms with E-state index in [1.54, 1.807) is 23.1 Å². The molecule has 108 valence electrons. The maximum Gasteiger partial charge on any atom is 0.236 e.